The van der Waals surface area contributed by atoms with E-state index in [1.165, 1.54) is 16.8 Å². The predicted molar refractivity (Wildman–Crippen MR) is 212 cm³/mol. The second-order valence-electron chi connectivity index (χ2n) is 16.3. The average Bonchev–Trinajstić information content (AvgIpc) is 3.76. The van der Waals surface area contributed by atoms with Gasteiger partial charge in [-0.25, -0.2) is 9.59 Å². The van der Waals surface area contributed by atoms with Gasteiger partial charge in [0.1, 0.15) is 30.3 Å². The maximum absolute atomic E-state index is 14.7. The van der Waals surface area contributed by atoms with Gasteiger partial charge in [-0.2, -0.15) is 0 Å². The summed E-state index contributed by atoms with van der Waals surface area (Å²) < 4.78 is 11.3. The molecule has 0 radical (unpaired) electrons. The number of nitrogens with zero attached hydrogens (tertiary/aromatic N) is 2. The number of amides is 5. The molecule has 1 saturated heterocycles. The first-order valence-electron chi connectivity index (χ1n) is 19.8. The lowest BCUT2D eigenvalue weighted by atomic mass is 9.83. The largest absolute Gasteiger partial charge is 0.449 e. The molecule has 298 valence electrons. The summed E-state index contributed by atoms with van der Waals surface area (Å²) in [6.45, 7) is 7.28. The number of ether oxygens (including phenoxy) is 2. The van der Waals surface area contributed by atoms with E-state index in [2.05, 4.69) is 40.2 Å². The van der Waals surface area contributed by atoms with Crippen LogP contribution < -0.4 is 16.0 Å². The highest BCUT2D eigenvalue weighted by Gasteiger charge is 2.45. The summed E-state index contributed by atoms with van der Waals surface area (Å²) in [6, 6.07) is 22.3. The van der Waals surface area contributed by atoms with Crippen LogP contribution in [0, 0.1) is 5.92 Å². The fraction of sp³-hybridized carbons (Fsp3) is 0.477. The van der Waals surface area contributed by atoms with Gasteiger partial charge in [-0.3, -0.25) is 19.3 Å². The van der Waals surface area contributed by atoms with Crippen LogP contribution >= 0.6 is 0 Å². The molecule has 3 aromatic carbocycles. The van der Waals surface area contributed by atoms with E-state index in [0.29, 0.717) is 0 Å². The summed E-state index contributed by atoms with van der Waals surface area (Å²) in [5, 5.41) is 8.90. The highest BCUT2D eigenvalue weighted by molar-refractivity contribution is 5.94. The summed E-state index contributed by atoms with van der Waals surface area (Å²) >= 11 is 0. The van der Waals surface area contributed by atoms with E-state index < -0.39 is 53.8 Å². The average molecular weight is 766 g/mol. The molecule has 12 heteroatoms. The Balaban J connectivity index is 1.18. The van der Waals surface area contributed by atoms with E-state index in [0.717, 1.165) is 59.9 Å². The smallest absolute Gasteiger partial charge is 0.410 e. The van der Waals surface area contributed by atoms with Crippen molar-refractivity contribution in [3.05, 3.63) is 95.6 Å². The van der Waals surface area contributed by atoms with Gasteiger partial charge in [-0.1, -0.05) is 98.1 Å². The number of alkyl carbamates (subject to hydrolysis) is 1. The number of hydrogen-bond acceptors (Lipinski definition) is 7. The maximum Gasteiger partial charge on any atom is 0.410 e. The van der Waals surface area contributed by atoms with Crippen molar-refractivity contribution >= 4 is 29.9 Å². The number of carbonyl (C=O) groups is 5. The number of rotatable bonds is 11. The molecule has 5 amide bonds. The first kappa shape index (κ1) is 40.3. The highest BCUT2D eigenvalue weighted by atomic mass is 16.6. The number of likely N-dealkylation sites (tertiary alicyclic amines) is 1. The molecule has 0 aromatic heterocycles. The van der Waals surface area contributed by atoms with Gasteiger partial charge in [0.25, 0.3) is 0 Å². The molecule has 12 nitrogen and oxygen atoms in total. The molecule has 3 aromatic rings. The number of likely N-dealkylation sites (N-methyl/N-ethyl adjacent to an activating group) is 1. The van der Waals surface area contributed by atoms with Crippen LogP contribution in [-0.2, 0) is 30.4 Å². The second kappa shape index (κ2) is 17.6. The molecular weight excluding hydrogens is 711 g/mol. The fourth-order valence-corrected chi connectivity index (χ4v) is 8.11. The van der Waals surface area contributed by atoms with Gasteiger partial charge in [-0.15, -0.1) is 0 Å². The highest BCUT2D eigenvalue weighted by Crippen LogP contribution is 2.44. The zero-order valence-electron chi connectivity index (χ0n) is 33.1. The minimum Gasteiger partial charge on any atom is -0.449 e. The topological polar surface area (TPSA) is 146 Å². The van der Waals surface area contributed by atoms with Gasteiger partial charge < -0.3 is 30.3 Å². The number of nitrogens with one attached hydrogen (secondary N) is 3. The van der Waals surface area contributed by atoms with E-state index in [1.54, 1.807) is 27.7 Å². The normalized spacial score (nSPS) is 19.2. The predicted octanol–water partition coefficient (Wildman–Crippen LogP) is 6.13. The Bertz CT molecular complexity index is 1840. The SMILES string of the molecule is CC(C(=O)NC(C(=O)N1C[C@@H](NC(=O)OCC2c3ccccc3-c3ccccc32)C[C@H]1C(=O)NCc1ccccc1)C1CCCCC1)N(C)C(=O)OC(C)(C)C. The van der Waals surface area contributed by atoms with Gasteiger partial charge in [-0.05, 0) is 80.7 Å². The Morgan fingerprint density at radius 3 is 2.09 bits per heavy atom. The first-order chi connectivity index (χ1) is 26.8. The van der Waals surface area contributed by atoms with Gasteiger partial charge in [0, 0.05) is 26.1 Å². The molecule has 0 bridgehead atoms. The summed E-state index contributed by atoms with van der Waals surface area (Å²) in [6.07, 6.45) is 3.18. The van der Waals surface area contributed by atoms with Crippen molar-refractivity contribution in [2.75, 3.05) is 20.2 Å². The van der Waals surface area contributed by atoms with Crippen LogP contribution in [0.25, 0.3) is 11.1 Å². The zero-order chi connectivity index (χ0) is 40.0. The Labute approximate surface area is 329 Å². The van der Waals surface area contributed by atoms with Crippen molar-refractivity contribution in [2.45, 2.75) is 108 Å². The van der Waals surface area contributed by atoms with Gasteiger partial charge in [0.2, 0.25) is 17.7 Å². The van der Waals surface area contributed by atoms with E-state index in [1.807, 2.05) is 54.6 Å². The van der Waals surface area contributed by atoms with E-state index in [4.69, 9.17) is 9.47 Å². The molecule has 1 saturated carbocycles. The Morgan fingerprint density at radius 1 is 0.857 bits per heavy atom. The summed E-state index contributed by atoms with van der Waals surface area (Å²) in [4.78, 5) is 71.4. The molecule has 0 spiro atoms. The second-order valence-corrected chi connectivity index (χ2v) is 16.3. The van der Waals surface area contributed by atoms with Crippen LogP contribution in [0.5, 0.6) is 0 Å². The fourth-order valence-electron chi connectivity index (χ4n) is 8.11. The lowest BCUT2D eigenvalue weighted by Crippen LogP contribution is -2.59. The van der Waals surface area contributed by atoms with E-state index >= 15 is 0 Å². The summed E-state index contributed by atoms with van der Waals surface area (Å²) in [5.74, 6) is -1.54. The van der Waals surface area contributed by atoms with Crippen LogP contribution in [0.1, 0.15) is 88.8 Å². The monoisotopic (exact) mass is 765 g/mol. The summed E-state index contributed by atoms with van der Waals surface area (Å²) in [7, 11) is 1.49. The van der Waals surface area contributed by atoms with E-state index in [9.17, 15) is 24.0 Å². The van der Waals surface area contributed by atoms with Crippen LogP contribution in [0.4, 0.5) is 9.59 Å². The van der Waals surface area contributed by atoms with Crippen molar-refractivity contribution < 1.29 is 33.4 Å². The van der Waals surface area contributed by atoms with Crippen molar-refractivity contribution in [3.8, 4) is 11.1 Å². The zero-order valence-corrected chi connectivity index (χ0v) is 33.1. The molecule has 56 heavy (non-hydrogen) atoms. The molecular formula is C44H55N5O7. The van der Waals surface area contributed by atoms with Crippen LogP contribution in [-0.4, -0.2) is 89.7 Å². The Kier molecular flexibility index (Phi) is 12.7. The third-order valence-electron chi connectivity index (χ3n) is 11.2. The minimum atomic E-state index is -0.935. The molecule has 1 aliphatic heterocycles. The van der Waals surface area contributed by atoms with Crippen LogP contribution in [0.3, 0.4) is 0 Å². The summed E-state index contributed by atoms with van der Waals surface area (Å²) in [5.41, 5.74) is 4.58. The minimum absolute atomic E-state index is 0.0545. The third-order valence-corrected chi connectivity index (χ3v) is 11.2. The van der Waals surface area contributed by atoms with Crippen molar-refractivity contribution in [3.63, 3.8) is 0 Å². The van der Waals surface area contributed by atoms with E-state index in [-0.39, 0.29) is 43.9 Å². The molecule has 2 unspecified atom stereocenters. The molecule has 2 aliphatic carbocycles. The number of carbonyl (C=O) groups excluding carboxylic acids is 5. The van der Waals surface area contributed by atoms with Gasteiger partial charge >= 0.3 is 12.2 Å². The standard InChI is InChI=1S/C44H55N5O7/c1-28(48(5)43(54)56-44(2,3)4)39(50)47-38(30-18-10-7-11-19-30)41(52)49-26-31(24-37(49)40(51)45-25-29-16-8-6-9-17-29)46-42(53)55-27-36-34-22-14-12-20-32(34)33-21-13-15-23-35(33)36/h6,8-9,12-17,20-23,28,30-31,36-38H,7,10-11,18-19,24-27H2,1-5H3,(H,45,51)(H,46,53)(H,47,50)/t28?,31-,37-,38?/m0/s1. The lowest BCUT2D eigenvalue weighted by Gasteiger charge is -2.36. The number of hydrogen-bond donors (Lipinski definition) is 3. The quantitative estimate of drug-likeness (QED) is 0.213. The molecule has 6 rings (SSSR count). The molecule has 3 N–H and O–H groups in total. The molecule has 1 heterocycles. The third kappa shape index (κ3) is 9.52. The van der Waals surface area contributed by atoms with Gasteiger partial charge in [0.15, 0.2) is 0 Å². The van der Waals surface area contributed by atoms with Crippen LogP contribution in [0.2, 0.25) is 0 Å². The lowest BCUT2D eigenvalue weighted by molar-refractivity contribution is -0.143. The van der Waals surface area contributed by atoms with Gasteiger partial charge in [0.05, 0.1) is 6.04 Å². The number of fused-ring (bicyclic) bond motifs is 3. The molecule has 4 atom stereocenters. The van der Waals surface area contributed by atoms with Crippen LogP contribution in [0.15, 0.2) is 78.9 Å². The Hall–Kier alpha value is -5.39. The maximum atomic E-state index is 14.7. The van der Waals surface area contributed by atoms with Crippen molar-refractivity contribution in [1.29, 1.82) is 0 Å². The molecule has 2 fully saturated rings. The Morgan fingerprint density at radius 2 is 1.46 bits per heavy atom. The first-order valence-corrected chi connectivity index (χ1v) is 19.8. The number of benzene rings is 3. The van der Waals surface area contributed by atoms with Crippen molar-refractivity contribution in [2.24, 2.45) is 5.92 Å². The van der Waals surface area contributed by atoms with Crippen molar-refractivity contribution in [1.82, 2.24) is 25.8 Å². The molecule has 3 aliphatic rings.